The van der Waals surface area contributed by atoms with Crippen molar-refractivity contribution < 1.29 is 4.74 Å². The van der Waals surface area contributed by atoms with Crippen LogP contribution in [0.15, 0.2) is 18.3 Å². The Morgan fingerprint density at radius 3 is 3.00 bits per heavy atom. The number of aromatic nitrogens is 1. The highest BCUT2D eigenvalue weighted by atomic mass is 35.5. The summed E-state index contributed by atoms with van der Waals surface area (Å²) in [5.41, 5.74) is 0. The molecule has 0 fully saturated rings. The molecule has 0 saturated heterocycles. The molecule has 0 spiro atoms. The SMILES string of the molecule is CCCC(C)Oc1cc(Cl)ccn1. The van der Waals surface area contributed by atoms with Gasteiger partial charge in [0.15, 0.2) is 0 Å². The molecule has 0 saturated carbocycles. The van der Waals surface area contributed by atoms with Crippen molar-refractivity contribution in [3.8, 4) is 5.88 Å². The molecule has 1 atom stereocenters. The van der Waals surface area contributed by atoms with E-state index in [9.17, 15) is 0 Å². The Hall–Kier alpha value is -0.760. The molecule has 1 aromatic rings. The lowest BCUT2D eigenvalue weighted by Crippen LogP contribution is -2.11. The average molecular weight is 200 g/mol. The van der Waals surface area contributed by atoms with Crippen LogP contribution in [-0.2, 0) is 0 Å². The molecule has 2 nitrogen and oxygen atoms in total. The van der Waals surface area contributed by atoms with Gasteiger partial charge in [-0.3, -0.25) is 0 Å². The summed E-state index contributed by atoms with van der Waals surface area (Å²) >= 11 is 5.79. The van der Waals surface area contributed by atoms with Crippen molar-refractivity contribution in [1.82, 2.24) is 4.98 Å². The highest BCUT2D eigenvalue weighted by Crippen LogP contribution is 2.16. The number of rotatable bonds is 4. The van der Waals surface area contributed by atoms with Gasteiger partial charge in [0.05, 0.1) is 6.10 Å². The fourth-order valence-corrected chi connectivity index (χ4v) is 1.27. The molecule has 3 heteroatoms. The van der Waals surface area contributed by atoms with Crippen LogP contribution in [0.3, 0.4) is 0 Å². The van der Waals surface area contributed by atoms with Crippen molar-refractivity contribution in [2.24, 2.45) is 0 Å². The third kappa shape index (κ3) is 3.64. The van der Waals surface area contributed by atoms with E-state index in [0.717, 1.165) is 12.8 Å². The molecular weight excluding hydrogens is 186 g/mol. The summed E-state index contributed by atoms with van der Waals surface area (Å²) < 4.78 is 5.54. The minimum absolute atomic E-state index is 0.205. The van der Waals surface area contributed by atoms with Crippen LogP contribution in [0.2, 0.25) is 5.02 Å². The van der Waals surface area contributed by atoms with E-state index in [4.69, 9.17) is 16.3 Å². The van der Waals surface area contributed by atoms with Crippen LogP contribution in [0, 0.1) is 0 Å². The van der Waals surface area contributed by atoms with Gasteiger partial charge in [-0.25, -0.2) is 4.98 Å². The van der Waals surface area contributed by atoms with Crippen LogP contribution >= 0.6 is 11.6 Å². The Labute approximate surface area is 83.9 Å². The van der Waals surface area contributed by atoms with Gasteiger partial charge in [-0.2, -0.15) is 0 Å². The van der Waals surface area contributed by atoms with Crippen LogP contribution in [-0.4, -0.2) is 11.1 Å². The minimum Gasteiger partial charge on any atom is -0.475 e. The maximum Gasteiger partial charge on any atom is 0.214 e. The van der Waals surface area contributed by atoms with E-state index < -0.39 is 0 Å². The zero-order valence-corrected chi connectivity index (χ0v) is 8.71. The lowest BCUT2D eigenvalue weighted by molar-refractivity contribution is 0.201. The quantitative estimate of drug-likeness (QED) is 0.743. The normalized spacial score (nSPS) is 12.5. The molecule has 0 amide bonds. The van der Waals surface area contributed by atoms with Gasteiger partial charge in [-0.15, -0.1) is 0 Å². The summed E-state index contributed by atoms with van der Waals surface area (Å²) in [6.45, 7) is 4.16. The smallest absolute Gasteiger partial charge is 0.214 e. The molecule has 0 bridgehead atoms. The van der Waals surface area contributed by atoms with Crippen LogP contribution in [0.4, 0.5) is 0 Å². The molecule has 1 aromatic heterocycles. The van der Waals surface area contributed by atoms with Crippen LogP contribution in [0.5, 0.6) is 5.88 Å². The summed E-state index contributed by atoms with van der Waals surface area (Å²) in [6.07, 6.45) is 4.00. The molecule has 1 heterocycles. The summed E-state index contributed by atoms with van der Waals surface area (Å²) in [5, 5.41) is 0.661. The van der Waals surface area contributed by atoms with Gasteiger partial charge in [0.1, 0.15) is 0 Å². The first kappa shape index (κ1) is 10.3. The number of hydrogen-bond donors (Lipinski definition) is 0. The molecule has 72 valence electrons. The van der Waals surface area contributed by atoms with E-state index in [-0.39, 0.29) is 6.10 Å². The minimum atomic E-state index is 0.205. The Kier molecular flexibility index (Phi) is 4.03. The second kappa shape index (κ2) is 5.07. The van der Waals surface area contributed by atoms with E-state index in [1.165, 1.54) is 0 Å². The maximum atomic E-state index is 5.79. The Morgan fingerprint density at radius 2 is 2.38 bits per heavy atom. The molecule has 0 aliphatic rings. The van der Waals surface area contributed by atoms with Gasteiger partial charge in [-0.1, -0.05) is 24.9 Å². The van der Waals surface area contributed by atoms with E-state index in [1.54, 1.807) is 18.3 Å². The monoisotopic (exact) mass is 199 g/mol. The second-order valence-corrected chi connectivity index (χ2v) is 3.47. The molecule has 0 aliphatic heterocycles. The second-order valence-electron chi connectivity index (χ2n) is 3.03. The maximum absolute atomic E-state index is 5.79. The predicted molar refractivity (Wildman–Crippen MR) is 54.2 cm³/mol. The Balaban J connectivity index is 2.53. The van der Waals surface area contributed by atoms with E-state index in [1.807, 2.05) is 6.92 Å². The average Bonchev–Trinajstić information content (AvgIpc) is 2.04. The number of ether oxygens (including phenoxy) is 1. The predicted octanol–water partition coefficient (Wildman–Crippen LogP) is 3.30. The highest BCUT2D eigenvalue weighted by Gasteiger charge is 2.03. The topological polar surface area (TPSA) is 22.1 Å². The van der Waals surface area contributed by atoms with Gasteiger partial charge in [0, 0.05) is 17.3 Å². The van der Waals surface area contributed by atoms with Crippen molar-refractivity contribution >= 4 is 11.6 Å². The zero-order chi connectivity index (χ0) is 9.68. The number of nitrogens with zero attached hydrogens (tertiary/aromatic N) is 1. The lowest BCUT2D eigenvalue weighted by Gasteiger charge is -2.12. The summed E-state index contributed by atoms with van der Waals surface area (Å²) in [6, 6.07) is 3.46. The highest BCUT2D eigenvalue weighted by molar-refractivity contribution is 6.30. The first-order valence-electron chi connectivity index (χ1n) is 4.50. The third-order valence-corrected chi connectivity index (χ3v) is 1.95. The van der Waals surface area contributed by atoms with Gasteiger partial charge < -0.3 is 4.74 Å². The first-order valence-corrected chi connectivity index (χ1v) is 4.88. The van der Waals surface area contributed by atoms with Crippen molar-refractivity contribution in [2.45, 2.75) is 32.8 Å². The largest absolute Gasteiger partial charge is 0.475 e. The zero-order valence-electron chi connectivity index (χ0n) is 7.96. The van der Waals surface area contributed by atoms with Gasteiger partial charge in [0.2, 0.25) is 5.88 Å². The van der Waals surface area contributed by atoms with Crippen molar-refractivity contribution in [3.63, 3.8) is 0 Å². The van der Waals surface area contributed by atoms with Crippen LogP contribution < -0.4 is 4.74 Å². The molecular formula is C10H14ClNO. The Bertz CT molecular complexity index is 265. The fraction of sp³-hybridized carbons (Fsp3) is 0.500. The molecule has 1 unspecified atom stereocenters. The summed E-state index contributed by atoms with van der Waals surface area (Å²) in [5.74, 6) is 0.605. The molecule has 0 N–H and O–H groups in total. The van der Waals surface area contributed by atoms with Crippen molar-refractivity contribution in [2.75, 3.05) is 0 Å². The number of pyridine rings is 1. The van der Waals surface area contributed by atoms with E-state index in [2.05, 4.69) is 11.9 Å². The van der Waals surface area contributed by atoms with Crippen LogP contribution in [0.1, 0.15) is 26.7 Å². The molecule has 0 radical (unpaired) electrons. The third-order valence-electron chi connectivity index (χ3n) is 1.71. The molecule has 13 heavy (non-hydrogen) atoms. The molecule has 0 aliphatic carbocycles. The standard InChI is InChI=1S/C10H14ClNO/c1-3-4-8(2)13-10-7-9(11)5-6-12-10/h5-8H,3-4H2,1-2H3. The number of halogens is 1. The van der Waals surface area contributed by atoms with Gasteiger partial charge >= 0.3 is 0 Å². The van der Waals surface area contributed by atoms with Gasteiger partial charge in [0.25, 0.3) is 0 Å². The number of hydrogen-bond acceptors (Lipinski definition) is 2. The van der Waals surface area contributed by atoms with Crippen molar-refractivity contribution in [1.29, 1.82) is 0 Å². The Morgan fingerprint density at radius 1 is 1.62 bits per heavy atom. The summed E-state index contributed by atoms with van der Waals surface area (Å²) in [7, 11) is 0. The van der Waals surface area contributed by atoms with Crippen molar-refractivity contribution in [3.05, 3.63) is 23.4 Å². The lowest BCUT2D eigenvalue weighted by atomic mass is 10.2. The molecule has 0 aromatic carbocycles. The van der Waals surface area contributed by atoms with E-state index in [0.29, 0.717) is 10.9 Å². The first-order chi connectivity index (χ1) is 6.22. The molecule has 1 rings (SSSR count). The van der Waals surface area contributed by atoms with Gasteiger partial charge in [-0.05, 0) is 19.4 Å². The van der Waals surface area contributed by atoms with Crippen LogP contribution in [0.25, 0.3) is 0 Å². The van der Waals surface area contributed by atoms with E-state index >= 15 is 0 Å². The fourth-order valence-electron chi connectivity index (χ4n) is 1.12. The summed E-state index contributed by atoms with van der Waals surface area (Å²) in [4.78, 5) is 4.06.